The monoisotopic (exact) mass is 827 g/mol. The Morgan fingerprint density at radius 1 is 0.234 bits per heavy atom. The lowest BCUT2D eigenvalue weighted by Crippen LogP contribution is -2.18. The summed E-state index contributed by atoms with van der Waals surface area (Å²) in [5, 5.41) is 0. The third kappa shape index (κ3) is 8.42. The largest absolute Gasteiger partial charge is 0.212 e. The number of nitrogens with zero attached hydrogens (tertiary/aromatic N) is 9. The minimum Gasteiger partial charge on any atom is -0.212 e. The molecule has 0 aliphatic carbocycles. The number of benzene rings is 7. The van der Waals surface area contributed by atoms with Crippen LogP contribution in [-0.2, 0) is 5.41 Å². The van der Waals surface area contributed by atoms with Crippen LogP contribution in [0.2, 0.25) is 0 Å². The molecule has 0 spiro atoms. The fourth-order valence-electron chi connectivity index (χ4n) is 7.37. The maximum atomic E-state index is 5.18. The van der Waals surface area contributed by atoms with Gasteiger partial charge in [-0.05, 0) is 29.3 Å². The fourth-order valence-corrected chi connectivity index (χ4v) is 7.37. The van der Waals surface area contributed by atoms with E-state index in [0.717, 1.165) is 55.6 Å². The van der Waals surface area contributed by atoms with Crippen molar-refractivity contribution < 1.29 is 0 Å². The Morgan fingerprint density at radius 3 is 0.922 bits per heavy atom. The Balaban J connectivity index is 1.13. The van der Waals surface area contributed by atoms with Gasteiger partial charge in [0, 0.05) is 49.9 Å². The van der Waals surface area contributed by atoms with Crippen molar-refractivity contribution in [3.8, 4) is 102 Å². The lowest BCUT2D eigenvalue weighted by Gasteiger charge is -2.18. The molecule has 9 heteroatoms. The molecule has 64 heavy (non-hydrogen) atoms. The summed E-state index contributed by atoms with van der Waals surface area (Å²) in [4.78, 5) is 45.4. The van der Waals surface area contributed by atoms with Crippen molar-refractivity contribution in [3.05, 3.63) is 200 Å². The third-order valence-corrected chi connectivity index (χ3v) is 10.7. The molecule has 0 amide bonds. The molecule has 7 aromatic carbocycles. The first-order valence-corrected chi connectivity index (χ1v) is 21.1. The summed E-state index contributed by atoms with van der Waals surface area (Å²) < 4.78 is 0. The second-order valence-electron chi connectivity index (χ2n) is 16.3. The summed E-state index contributed by atoms with van der Waals surface area (Å²) in [7, 11) is 0. The van der Waals surface area contributed by atoms with Gasteiger partial charge in [-0.3, -0.25) is 0 Å². The average Bonchev–Trinajstić information content (AvgIpc) is 3.37. The zero-order chi connectivity index (χ0) is 43.5. The summed E-state index contributed by atoms with van der Waals surface area (Å²) in [6.07, 6.45) is 0. The van der Waals surface area contributed by atoms with Gasteiger partial charge in [0.1, 0.15) is 5.82 Å². The van der Waals surface area contributed by atoms with E-state index >= 15 is 0 Å². The standard InChI is InChI=1S/C55H41N9/c1-55(2,3)54-63-49(40-28-17-8-18-29-40)59-52(64-54)42-31-19-30-41(34-42)50-57-46(37-22-11-5-12-23-37)58-51(60-50)43-32-33-44(45(35-43)36-20-9-4-10-21-36)53-61-47(38-24-13-6-14-25-38)56-48(62-53)39-26-15-7-16-27-39/h4-35H,1-3H3. The first-order chi connectivity index (χ1) is 31.3. The second kappa shape index (κ2) is 17.1. The van der Waals surface area contributed by atoms with Crippen LogP contribution in [0.3, 0.4) is 0 Å². The van der Waals surface area contributed by atoms with Crippen LogP contribution in [0.1, 0.15) is 26.6 Å². The van der Waals surface area contributed by atoms with E-state index < -0.39 is 0 Å². The Labute approximate surface area is 371 Å². The summed E-state index contributed by atoms with van der Waals surface area (Å²) in [5.41, 5.74) is 8.48. The van der Waals surface area contributed by atoms with Crippen molar-refractivity contribution in [2.24, 2.45) is 0 Å². The quantitative estimate of drug-likeness (QED) is 0.140. The van der Waals surface area contributed by atoms with Gasteiger partial charge >= 0.3 is 0 Å². The molecule has 0 fully saturated rings. The molecule has 0 atom stereocenters. The van der Waals surface area contributed by atoms with Gasteiger partial charge in [-0.25, -0.2) is 44.9 Å². The number of rotatable bonds is 9. The highest BCUT2D eigenvalue weighted by atomic mass is 15.1. The molecule has 306 valence electrons. The average molecular weight is 828 g/mol. The Bertz CT molecular complexity index is 3170. The smallest absolute Gasteiger partial charge is 0.164 e. The van der Waals surface area contributed by atoms with Gasteiger partial charge in [0.05, 0.1) is 0 Å². The van der Waals surface area contributed by atoms with Crippen LogP contribution >= 0.6 is 0 Å². The van der Waals surface area contributed by atoms with Gasteiger partial charge in [-0.15, -0.1) is 0 Å². The first-order valence-electron chi connectivity index (χ1n) is 21.1. The zero-order valence-electron chi connectivity index (χ0n) is 35.5. The Morgan fingerprint density at radius 2 is 0.531 bits per heavy atom. The van der Waals surface area contributed by atoms with Crippen molar-refractivity contribution in [1.82, 2.24) is 44.9 Å². The van der Waals surface area contributed by atoms with Gasteiger partial charge in [0.15, 0.2) is 46.6 Å². The second-order valence-corrected chi connectivity index (χ2v) is 16.3. The SMILES string of the molecule is CC(C)(C)c1nc(-c2ccccc2)nc(-c2cccc(-c3nc(-c4ccccc4)nc(-c4ccc(-c5nc(-c6ccccc6)nc(-c6ccccc6)n5)c(-c5ccccc5)c4)n3)c2)n1. The molecule has 0 saturated carbocycles. The normalized spacial score (nSPS) is 11.4. The molecule has 0 unspecified atom stereocenters. The highest BCUT2D eigenvalue weighted by molar-refractivity contribution is 5.85. The van der Waals surface area contributed by atoms with Crippen LogP contribution in [-0.4, -0.2) is 44.9 Å². The Kier molecular flexibility index (Phi) is 10.6. The molecule has 0 radical (unpaired) electrons. The maximum Gasteiger partial charge on any atom is 0.164 e. The summed E-state index contributed by atoms with van der Waals surface area (Å²) in [5.74, 6) is 5.22. The van der Waals surface area contributed by atoms with Gasteiger partial charge in [0.25, 0.3) is 0 Å². The molecular formula is C55H41N9. The van der Waals surface area contributed by atoms with Crippen molar-refractivity contribution in [2.45, 2.75) is 26.2 Å². The minimum absolute atomic E-state index is 0.307. The number of hydrogen-bond acceptors (Lipinski definition) is 9. The first kappa shape index (κ1) is 39.7. The lowest BCUT2D eigenvalue weighted by atomic mass is 9.95. The summed E-state index contributed by atoms with van der Waals surface area (Å²) in [6.45, 7) is 6.33. The van der Waals surface area contributed by atoms with E-state index in [9.17, 15) is 0 Å². The predicted molar refractivity (Wildman–Crippen MR) is 254 cm³/mol. The van der Waals surface area contributed by atoms with E-state index in [-0.39, 0.29) is 5.41 Å². The molecule has 0 aliphatic heterocycles. The van der Waals surface area contributed by atoms with Crippen molar-refractivity contribution in [2.75, 3.05) is 0 Å². The predicted octanol–water partition coefficient (Wildman–Crippen LogP) is 12.5. The van der Waals surface area contributed by atoms with Crippen LogP contribution in [0.4, 0.5) is 0 Å². The number of aromatic nitrogens is 9. The van der Waals surface area contributed by atoms with Gasteiger partial charge < -0.3 is 0 Å². The van der Waals surface area contributed by atoms with Gasteiger partial charge in [-0.2, -0.15) is 0 Å². The lowest BCUT2D eigenvalue weighted by molar-refractivity contribution is 0.543. The van der Waals surface area contributed by atoms with E-state index in [0.29, 0.717) is 52.4 Å². The third-order valence-electron chi connectivity index (χ3n) is 10.7. The van der Waals surface area contributed by atoms with Crippen LogP contribution in [0.15, 0.2) is 194 Å². The zero-order valence-corrected chi connectivity index (χ0v) is 35.5. The van der Waals surface area contributed by atoms with Crippen LogP contribution in [0, 0.1) is 0 Å². The highest BCUT2D eigenvalue weighted by Gasteiger charge is 2.23. The highest BCUT2D eigenvalue weighted by Crippen LogP contribution is 2.37. The molecule has 0 aliphatic rings. The van der Waals surface area contributed by atoms with Crippen molar-refractivity contribution in [3.63, 3.8) is 0 Å². The van der Waals surface area contributed by atoms with E-state index in [4.69, 9.17) is 44.9 Å². The maximum absolute atomic E-state index is 5.18. The molecular weight excluding hydrogens is 787 g/mol. The molecule has 0 saturated heterocycles. The van der Waals surface area contributed by atoms with Crippen LogP contribution in [0.25, 0.3) is 102 Å². The van der Waals surface area contributed by atoms with E-state index in [1.807, 2.05) is 170 Å². The van der Waals surface area contributed by atoms with Crippen LogP contribution < -0.4 is 0 Å². The number of hydrogen-bond donors (Lipinski definition) is 0. The summed E-state index contributed by atoms with van der Waals surface area (Å²) >= 11 is 0. The molecule has 0 N–H and O–H groups in total. The van der Waals surface area contributed by atoms with E-state index in [1.165, 1.54) is 0 Å². The minimum atomic E-state index is -0.307. The topological polar surface area (TPSA) is 116 Å². The molecule has 9 nitrogen and oxygen atoms in total. The molecule has 3 heterocycles. The molecule has 3 aromatic heterocycles. The summed E-state index contributed by atoms with van der Waals surface area (Å²) in [6, 6.07) is 64.5. The van der Waals surface area contributed by atoms with Gasteiger partial charge in [0.2, 0.25) is 0 Å². The fraction of sp³-hybridized carbons (Fsp3) is 0.0727. The van der Waals surface area contributed by atoms with Gasteiger partial charge in [-0.1, -0.05) is 197 Å². The van der Waals surface area contributed by atoms with E-state index in [1.54, 1.807) is 0 Å². The van der Waals surface area contributed by atoms with Crippen molar-refractivity contribution >= 4 is 0 Å². The van der Waals surface area contributed by atoms with E-state index in [2.05, 4.69) is 45.0 Å². The molecule has 10 aromatic rings. The molecule has 0 bridgehead atoms. The van der Waals surface area contributed by atoms with Crippen molar-refractivity contribution in [1.29, 1.82) is 0 Å². The molecule has 10 rings (SSSR count). The Hall–Kier alpha value is -8.43. The van der Waals surface area contributed by atoms with Crippen LogP contribution in [0.5, 0.6) is 0 Å².